The summed E-state index contributed by atoms with van der Waals surface area (Å²) in [5, 5.41) is 31.6. The Morgan fingerprint density at radius 2 is 2.00 bits per heavy atom. The minimum Gasteiger partial charge on any atom is -0.508 e. The highest BCUT2D eigenvalue weighted by Crippen LogP contribution is 2.32. The van der Waals surface area contributed by atoms with Gasteiger partial charge in [-0.1, -0.05) is 5.11 Å². The lowest BCUT2D eigenvalue weighted by atomic mass is 10.0. The van der Waals surface area contributed by atoms with Gasteiger partial charge in [-0.15, -0.1) is 13.2 Å². The standard InChI is InChI=1S/C10H10F3N3O4/c11-10(12,13)20-5-1-2-7(17)6(3-5)9(19)8(18)4-15-16-14/h1-3,8-9,17-19H,4H2. The number of aromatic hydroxyl groups is 1. The molecule has 110 valence electrons. The van der Waals surface area contributed by atoms with E-state index < -0.39 is 36.6 Å². The van der Waals surface area contributed by atoms with Gasteiger partial charge in [0.25, 0.3) is 0 Å². The summed E-state index contributed by atoms with van der Waals surface area (Å²) >= 11 is 0. The molecule has 0 heterocycles. The predicted molar refractivity (Wildman–Crippen MR) is 59.8 cm³/mol. The molecule has 0 radical (unpaired) electrons. The van der Waals surface area contributed by atoms with Crippen molar-refractivity contribution in [3.05, 3.63) is 34.2 Å². The summed E-state index contributed by atoms with van der Waals surface area (Å²) in [5.74, 6) is -1.20. The third-order valence-corrected chi connectivity index (χ3v) is 2.25. The third kappa shape index (κ3) is 4.50. The quantitative estimate of drug-likeness (QED) is 0.437. The van der Waals surface area contributed by atoms with Crippen LogP contribution in [0.1, 0.15) is 11.7 Å². The number of phenols is 1. The molecule has 1 aromatic carbocycles. The molecular weight excluding hydrogens is 283 g/mol. The number of alkyl halides is 3. The molecule has 0 bridgehead atoms. The molecule has 0 amide bonds. The normalized spacial score (nSPS) is 14.2. The first-order valence-electron chi connectivity index (χ1n) is 5.20. The maximum atomic E-state index is 12.0. The van der Waals surface area contributed by atoms with Gasteiger partial charge >= 0.3 is 6.36 Å². The molecule has 0 saturated heterocycles. The van der Waals surface area contributed by atoms with Crippen LogP contribution in [0.3, 0.4) is 0 Å². The molecule has 3 N–H and O–H groups in total. The third-order valence-electron chi connectivity index (χ3n) is 2.25. The van der Waals surface area contributed by atoms with E-state index >= 15 is 0 Å². The Labute approximate surface area is 110 Å². The number of halogens is 3. The summed E-state index contributed by atoms with van der Waals surface area (Å²) in [5.41, 5.74) is 7.68. The van der Waals surface area contributed by atoms with E-state index in [1.54, 1.807) is 0 Å². The molecule has 0 aliphatic heterocycles. The first kappa shape index (κ1) is 15.9. The molecule has 0 fully saturated rings. The fourth-order valence-corrected chi connectivity index (χ4v) is 1.39. The van der Waals surface area contributed by atoms with Gasteiger partial charge in [0.1, 0.15) is 17.6 Å². The summed E-state index contributed by atoms with van der Waals surface area (Å²) in [6.45, 7) is -0.512. The number of aliphatic hydroxyl groups excluding tert-OH is 2. The molecule has 7 nitrogen and oxygen atoms in total. The Balaban J connectivity index is 2.98. The number of rotatable bonds is 5. The maximum Gasteiger partial charge on any atom is 0.573 e. The molecule has 2 unspecified atom stereocenters. The van der Waals surface area contributed by atoms with Crippen molar-refractivity contribution >= 4 is 0 Å². The smallest absolute Gasteiger partial charge is 0.508 e. The summed E-state index contributed by atoms with van der Waals surface area (Å²) < 4.78 is 39.8. The van der Waals surface area contributed by atoms with Crippen molar-refractivity contribution in [2.75, 3.05) is 6.54 Å². The van der Waals surface area contributed by atoms with Gasteiger partial charge in [-0.2, -0.15) is 0 Å². The molecule has 1 aromatic rings. The van der Waals surface area contributed by atoms with Crippen LogP contribution in [0.5, 0.6) is 11.5 Å². The zero-order valence-corrected chi connectivity index (χ0v) is 9.82. The van der Waals surface area contributed by atoms with Crippen molar-refractivity contribution in [2.45, 2.75) is 18.6 Å². The van der Waals surface area contributed by atoms with Crippen molar-refractivity contribution in [2.24, 2.45) is 5.11 Å². The Morgan fingerprint density at radius 3 is 2.55 bits per heavy atom. The number of hydrogen-bond acceptors (Lipinski definition) is 5. The number of phenolic OH excluding ortho intramolecular Hbond substituents is 1. The minimum absolute atomic E-state index is 0.382. The molecule has 1 rings (SSSR count). The maximum absolute atomic E-state index is 12.0. The summed E-state index contributed by atoms with van der Waals surface area (Å²) in [4.78, 5) is 2.36. The molecule has 2 atom stereocenters. The molecule has 0 aliphatic carbocycles. The number of benzene rings is 1. The lowest BCUT2D eigenvalue weighted by molar-refractivity contribution is -0.274. The topological polar surface area (TPSA) is 119 Å². The van der Waals surface area contributed by atoms with Crippen LogP contribution in [0, 0.1) is 0 Å². The average Bonchev–Trinajstić information content (AvgIpc) is 2.35. The van der Waals surface area contributed by atoms with E-state index in [1.807, 2.05) is 0 Å². The van der Waals surface area contributed by atoms with Crippen LogP contribution in [0.15, 0.2) is 23.3 Å². The van der Waals surface area contributed by atoms with Crippen LogP contribution in [-0.4, -0.2) is 34.3 Å². The second-order valence-electron chi connectivity index (χ2n) is 3.69. The molecular formula is C10H10F3N3O4. The van der Waals surface area contributed by atoms with Gasteiger partial charge in [-0.25, -0.2) is 0 Å². The Bertz CT molecular complexity index is 517. The van der Waals surface area contributed by atoms with E-state index in [9.17, 15) is 28.5 Å². The molecule has 0 aromatic heterocycles. The van der Waals surface area contributed by atoms with E-state index in [2.05, 4.69) is 14.8 Å². The van der Waals surface area contributed by atoms with Crippen molar-refractivity contribution in [1.29, 1.82) is 0 Å². The number of azide groups is 1. The first-order valence-corrected chi connectivity index (χ1v) is 5.20. The number of aliphatic hydroxyl groups is 2. The van der Waals surface area contributed by atoms with E-state index in [0.29, 0.717) is 0 Å². The van der Waals surface area contributed by atoms with Crippen molar-refractivity contribution in [3.63, 3.8) is 0 Å². The van der Waals surface area contributed by atoms with Crippen molar-refractivity contribution < 1.29 is 33.2 Å². The molecule has 0 aliphatic rings. The lowest BCUT2D eigenvalue weighted by Crippen LogP contribution is -2.22. The summed E-state index contributed by atoms with van der Waals surface area (Å²) in [6, 6.07) is 2.45. The van der Waals surface area contributed by atoms with E-state index in [4.69, 9.17) is 5.53 Å². The van der Waals surface area contributed by atoms with Crippen LogP contribution >= 0.6 is 0 Å². The average molecular weight is 293 g/mol. The van der Waals surface area contributed by atoms with Crippen LogP contribution in [-0.2, 0) is 0 Å². The minimum atomic E-state index is -4.93. The second kappa shape index (κ2) is 6.33. The number of hydrogen-bond donors (Lipinski definition) is 3. The molecule has 20 heavy (non-hydrogen) atoms. The molecule has 0 saturated carbocycles. The van der Waals surface area contributed by atoms with E-state index in [-0.39, 0.29) is 5.56 Å². The molecule has 0 spiro atoms. The zero-order valence-electron chi connectivity index (χ0n) is 9.82. The fraction of sp³-hybridized carbons (Fsp3) is 0.400. The van der Waals surface area contributed by atoms with Gasteiger partial charge in [-0.3, -0.25) is 0 Å². The number of ether oxygens (including phenoxy) is 1. The zero-order chi connectivity index (χ0) is 15.3. The highest BCUT2D eigenvalue weighted by atomic mass is 19.4. The summed E-state index contributed by atoms with van der Waals surface area (Å²) in [7, 11) is 0. The van der Waals surface area contributed by atoms with Crippen molar-refractivity contribution in [3.8, 4) is 11.5 Å². The van der Waals surface area contributed by atoms with E-state index in [0.717, 1.165) is 18.2 Å². The van der Waals surface area contributed by atoms with Gasteiger partial charge in [0.15, 0.2) is 0 Å². The Hall–Kier alpha value is -2.16. The van der Waals surface area contributed by atoms with Gasteiger partial charge < -0.3 is 20.1 Å². The fourth-order valence-electron chi connectivity index (χ4n) is 1.39. The van der Waals surface area contributed by atoms with Crippen LogP contribution < -0.4 is 4.74 Å². The Morgan fingerprint density at radius 1 is 1.35 bits per heavy atom. The Kier molecular flexibility index (Phi) is 5.03. The molecule has 10 heteroatoms. The SMILES string of the molecule is [N-]=[N+]=NCC(O)C(O)c1cc(OC(F)(F)F)ccc1O. The highest BCUT2D eigenvalue weighted by molar-refractivity contribution is 5.41. The predicted octanol–water partition coefficient (Wildman–Crippen LogP) is 2.00. The van der Waals surface area contributed by atoms with Gasteiger partial charge in [0, 0.05) is 10.5 Å². The van der Waals surface area contributed by atoms with Gasteiger partial charge in [0.05, 0.1) is 12.6 Å². The van der Waals surface area contributed by atoms with E-state index in [1.165, 1.54) is 0 Å². The van der Waals surface area contributed by atoms with Crippen LogP contribution in [0.25, 0.3) is 10.4 Å². The second-order valence-corrected chi connectivity index (χ2v) is 3.69. The number of nitrogens with zero attached hydrogens (tertiary/aromatic N) is 3. The largest absolute Gasteiger partial charge is 0.573 e. The monoisotopic (exact) mass is 293 g/mol. The van der Waals surface area contributed by atoms with Crippen molar-refractivity contribution in [1.82, 2.24) is 0 Å². The highest BCUT2D eigenvalue weighted by Gasteiger charge is 2.32. The van der Waals surface area contributed by atoms with Crippen LogP contribution in [0.2, 0.25) is 0 Å². The lowest BCUT2D eigenvalue weighted by Gasteiger charge is -2.18. The van der Waals surface area contributed by atoms with Gasteiger partial charge in [0.2, 0.25) is 0 Å². The summed E-state index contributed by atoms with van der Waals surface area (Å²) in [6.07, 6.45) is -8.25. The van der Waals surface area contributed by atoms with Gasteiger partial charge in [-0.05, 0) is 23.7 Å². The first-order chi connectivity index (χ1) is 9.24. The van der Waals surface area contributed by atoms with Crippen LogP contribution in [0.4, 0.5) is 13.2 Å².